The fourth-order valence-electron chi connectivity index (χ4n) is 2.29. The molecule has 2 heteroatoms. The number of hydrogen-bond donors (Lipinski definition) is 1. The van der Waals surface area contributed by atoms with Crippen LogP contribution in [0.15, 0.2) is 24.3 Å². The van der Waals surface area contributed by atoms with Crippen molar-refractivity contribution in [2.45, 2.75) is 65.7 Å². The zero-order valence-corrected chi connectivity index (χ0v) is 14.1. The minimum absolute atomic E-state index is 0.195. The van der Waals surface area contributed by atoms with E-state index in [4.69, 9.17) is 0 Å². The lowest BCUT2D eigenvalue weighted by Gasteiger charge is -2.09. The molecule has 0 saturated heterocycles. The molecule has 21 heavy (non-hydrogen) atoms. The van der Waals surface area contributed by atoms with Gasteiger partial charge in [-0.1, -0.05) is 52.7 Å². The molecule has 0 amide bonds. The highest BCUT2D eigenvalue weighted by Crippen LogP contribution is 2.17. The number of nitrogens with one attached hydrogen (secondary N) is 1. The molecule has 0 spiro atoms. The summed E-state index contributed by atoms with van der Waals surface area (Å²) in [4.78, 5) is 11.5. The summed E-state index contributed by atoms with van der Waals surface area (Å²) in [5.74, 6) is 1.19. The van der Waals surface area contributed by atoms with Crippen molar-refractivity contribution in [1.82, 2.24) is 0 Å². The largest absolute Gasteiger partial charge is 0.385 e. The molecule has 0 fully saturated rings. The number of rotatable bonds is 10. The van der Waals surface area contributed by atoms with Crippen molar-refractivity contribution in [1.29, 1.82) is 0 Å². The Bertz CT molecular complexity index is 406. The van der Waals surface area contributed by atoms with Crippen LogP contribution in [-0.4, -0.2) is 12.3 Å². The average molecular weight is 289 g/mol. The molecule has 2 nitrogen and oxygen atoms in total. The normalized spacial score (nSPS) is 11.1. The van der Waals surface area contributed by atoms with Crippen LogP contribution in [0, 0.1) is 5.92 Å². The summed E-state index contributed by atoms with van der Waals surface area (Å²) in [5, 5.41) is 3.46. The summed E-state index contributed by atoms with van der Waals surface area (Å²) in [6.45, 7) is 9.41. The van der Waals surface area contributed by atoms with Crippen molar-refractivity contribution >= 4 is 11.5 Å². The molecule has 1 aromatic rings. The molecule has 1 aromatic carbocycles. The zero-order chi connectivity index (χ0) is 15.7. The van der Waals surface area contributed by atoms with Crippen molar-refractivity contribution in [2.24, 2.45) is 5.92 Å². The van der Waals surface area contributed by atoms with E-state index in [0.717, 1.165) is 25.8 Å². The molecule has 0 unspecified atom stereocenters. The van der Waals surface area contributed by atoms with Gasteiger partial charge in [0.05, 0.1) is 0 Å². The van der Waals surface area contributed by atoms with Gasteiger partial charge in [0, 0.05) is 24.6 Å². The first kappa shape index (κ1) is 17.7. The summed E-state index contributed by atoms with van der Waals surface area (Å²) >= 11 is 0. The number of hydrogen-bond acceptors (Lipinski definition) is 2. The van der Waals surface area contributed by atoms with Crippen LogP contribution in [0.5, 0.6) is 0 Å². The minimum Gasteiger partial charge on any atom is -0.385 e. The van der Waals surface area contributed by atoms with E-state index in [1.54, 1.807) is 0 Å². The number of benzene rings is 1. The minimum atomic E-state index is 0.195. The third kappa shape index (κ3) is 7.31. The van der Waals surface area contributed by atoms with Gasteiger partial charge >= 0.3 is 0 Å². The second-order valence-electron chi connectivity index (χ2n) is 6.49. The molecule has 0 heterocycles. The Morgan fingerprint density at radius 1 is 0.952 bits per heavy atom. The number of carbonyl (C=O) groups is 1. The van der Waals surface area contributed by atoms with Crippen LogP contribution in [0.2, 0.25) is 0 Å². The molecule has 0 atom stereocenters. The third-order valence-corrected chi connectivity index (χ3v) is 3.90. The molecule has 0 bridgehead atoms. The second-order valence-corrected chi connectivity index (χ2v) is 6.49. The quantitative estimate of drug-likeness (QED) is 0.584. The van der Waals surface area contributed by atoms with Crippen molar-refractivity contribution in [3.8, 4) is 0 Å². The summed E-state index contributed by atoms with van der Waals surface area (Å²) in [6, 6.07) is 8.72. The highest BCUT2D eigenvalue weighted by atomic mass is 16.1. The Kier molecular flexibility index (Phi) is 8.11. The van der Waals surface area contributed by atoms with Crippen LogP contribution in [0.4, 0.5) is 5.69 Å². The first-order valence-electron chi connectivity index (χ1n) is 8.37. The number of unbranched alkanes of at least 4 members (excludes halogenated alkanes) is 3. The van der Waals surface area contributed by atoms with Gasteiger partial charge < -0.3 is 5.32 Å². The molecule has 0 aliphatic heterocycles. The molecule has 0 aromatic heterocycles. The van der Waals surface area contributed by atoms with Gasteiger partial charge in [-0.3, -0.25) is 4.79 Å². The van der Waals surface area contributed by atoms with Crippen molar-refractivity contribution < 1.29 is 4.79 Å². The molecule has 0 saturated carbocycles. The lowest BCUT2D eigenvalue weighted by Crippen LogP contribution is -2.06. The molecule has 1 rings (SSSR count). The fraction of sp³-hybridized carbons (Fsp3) is 0.632. The lowest BCUT2D eigenvalue weighted by atomic mass is 10.0. The molecule has 0 radical (unpaired) electrons. The fourth-order valence-corrected chi connectivity index (χ4v) is 2.29. The first-order chi connectivity index (χ1) is 10.0. The molecule has 118 valence electrons. The van der Waals surface area contributed by atoms with E-state index in [2.05, 4.69) is 43.4 Å². The van der Waals surface area contributed by atoms with Crippen LogP contribution in [0.3, 0.4) is 0 Å². The molecule has 0 aliphatic rings. The molecule has 0 aliphatic carbocycles. The summed E-state index contributed by atoms with van der Waals surface area (Å²) in [7, 11) is 0. The standard InChI is InChI=1S/C19H31NO/c1-15(2)17-10-12-18(13-11-17)20-14-8-6-5-7-9-19(21)16(3)4/h10-13,15-16,20H,5-9,14H2,1-4H3. The van der Waals surface area contributed by atoms with E-state index >= 15 is 0 Å². The first-order valence-corrected chi connectivity index (χ1v) is 8.37. The van der Waals surface area contributed by atoms with Gasteiger partial charge in [0.2, 0.25) is 0 Å². The van der Waals surface area contributed by atoms with Gasteiger partial charge in [0.1, 0.15) is 5.78 Å². The van der Waals surface area contributed by atoms with Gasteiger partial charge in [-0.05, 0) is 36.5 Å². The van der Waals surface area contributed by atoms with E-state index in [9.17, 15) is 4.79 Å². The van der Waals surface area contributed by atoms with Crippen LogP contribution in [0.1, 0.15) is 71.3 Å². The monoisotopic (exact) mass is 289 g/mol. The number of anilines is 1. The highest BCUT2D eigenvalue weighted by molar-refractivity contribution is 5.80. The topological polar surface area (TPSA) is 29.1 Å². The SMILES string of the molecule is CC(C)C(=O)CCCCCCNc1ccc(C(C)C)cc1. The molecule has 1 N–H and O–H groups in total. The van der Waals surface area contributed by atoms with E-state index in [-0.39, 0.29) is 5.92 Å². The van der Waals surface area contributed by atoms with Gasteiger partial charge in [-0.15, -0.1) is 0 Å². The van der Waals surface area contributed by atoms with Crippen LogP contribution in [-0.2, 0) is 4.79 Å². The highest BCUT2D eigenvalue weighted by Gasteiger charge is 2.05. The van der Waals surface area contributed by atoms with Crippen LogP contribution >= 0.6 is 0 Å². The predicted molar refractivity (Wildman–Crippen MR) is 92.0 cm³/mol. The van der Waals surface area contributed by atoms with E-state index < -0.39 is 0 Å². The Balaban J connectivity index is 2.08. The van der Waals surface area contributed by atoms with Gasteiger partial charge in [0.15, 0.2) is 0 Å². The lowest BCUT2D eigenvalue weighted by molar-refractivity contribution is -0.122. The van der Waals surface area contributed by atoms with Gasteiger partial charge in [0.25, 0.3) is 0 Å². The summed E-state index contributed by atoms with van der Waals surface area (Å²) in [6.07, 6.45) is 5.32. The smallest absolute Gasteiger partial charge is 0.135 e. The third-order valence-electron chi connectivity index (χ3n) is 3.90. The molecular weight excluding hydrogens is 258 g/mol. The maximum atomic E-state index is 11.5. The molecular formula is C19H31NO. The van der Waals surface area contributed by atoms with E-state index in [1.807, 2.05) is 13.8 Å². The average Bonchev–Trinajstić information content (AvgIpc) is 2.46. The number of Topliss-reactive ketones (excluding diaryl/α,β-unsaturated/α-hetero) is 1. The van der Waals surface area contributed by atoms with Crippen LogP contribution < -0.4 is 5.32 Å². The maximum absolute atomic E-state index is 11.5. The Morgan fingerprint density at radius 3 is 2.14 bits per heavy atom. The summed E-state index contributed by atoms with van der Waals surface area (Å²) < 4.78 is 0. The van der Waals surface area contributed by atoms with Crippen LogP contribution in [0.25, 0.3) is 0 Å². The maximum Gasteiger partial charge on any atom is 0.135 e. The zero-order valence-electron chi connectivity index (χ0n) is 14.1. The van der Waals surface area contributed by atoms with E-state index in [1.165, 1.54) is 24.1 Å². The second kappa shape index (κ2) is 9.59. The van der Waals surface area contributed by atoms with Gasteiger partial charge in [-0.25, -0.2) is 0 Å². The van der Waals surface area contributed by atoms with Crippen molar-refractivity contribution in [3.05, 3.63) is 29.8 Å². The summed E-state index contributed by atoms with van der Waals surface area (Å²) in [5.41, 5.74) is 2.59. The predicted octanol–water partition coefficient (Wildman–Crippen LogP) is 5.40. The van der Waals surface area contributed by atoms with Crippen molar-refractivity contribution in [3.63, 3.8) is 0 Å². The van der Waals surface area contributed by atoms with E-state index in [0.29, 0.717) is 11.7 Å². The number of carbonyl (C=O) groups excluding carboxylic acids is 1. The Hall–Kier alpha value is -1.31. The van der Waals surface area contributed by atoms with Crippen molar-refractivity contribution in [2.75, 3.05) is 11.9 Å². The Morgan fingerprint density at radius 2 is 1.57 bits per heavy atom. The number of ketones is 1. The Labute approximate surface area is 130 Å². The van der Waals surface area contributed by atoms with Gasteiger partial charge in [-0.2, -0.15) is 0 Å².